The fourth-order valence-electron chi connectivity index (χ4n) is 0.424. The van der Waals surface area contributed by atoms with Crippen LogP contribution in [0.2, 0.25) is 0 Å². The van der Waals surface area contributed by atoms with Crippen LogP contribution in [-0.4, -0.2) is 15.4 Å². The molecule has 0 aliphatic carbocycles. The van der Waals surface area contributed by atoms with Crippen LogP contribution in [0, 0.1) is 4.91 Å². The summed E-state index contributed by atoms with van der Waals surface area (Å²) in [5.41, 5.74) is 2.86. The molecule has 1 rings (SSSR count). The van der Waals surface area contributed by atoms with E-state index in [1.807, 2.05) is 0 Å². The summed E-state index contributed by atoms with van der Waals surface area (Å²) in [7, 11) is 0. The molecule has 1 aromatic rings. The largest absolute Gasteiger partial charge is 0.268 e. The van der Waals surface area contributed by atoms with E-state index in [-0.39, 0.29) is 0 Å². The zero-order valence-electron chi connectivity index (χ0n) is 4.53. The molecule has 0 atom stereocenters. The van der Waals surface area contributed by atoms with Gasteiger partial charge < -0.3 is 0 Å². The van der Waals surface area contributed by atoms with Crippen LogP contribution in [-0.2, 0) is 6.54 Å². The van der Waals surface area contributed by atoms with E-state index in [1.165, 1.54) is 6.20 Å². The highest BCUT2D eigenvalue weighted by atomic mass is 16.3. The van der Waals surface area contributed by atoms with Gasteiger partial charge in [0.1, 0.15) is 5.69 Å². The lowest BCUT2D eigenvalue weighted by molar-refractivity contribution is 0.714. The molecule has 0 saturated carbocycles. The normalized spacial score (nSPS) is 8.89. The summed E-state index contributed by atoms with van der Waals surface area (Å²) in [5.74, 6) is 0. The van der Waals surface area contributed by atoms with Crippen LogP contribution in [0.1, 0.15) is 5.69 Å². The Kier molecular flexibility index (Phi) is 1.73. The first-order valence-electron chi connectivity index (χ1n) is 2.33. The van der Waals surface area contributed by atoms with Gasteiger partial charge in [0.25, 0.3) is 0 Å². The molecule has 0 fully saturated rings. The number of H-pyrrole nitrogens is 1. The molecule has 1 heterocycles. The van der Waals surface area contributed by atoms with Crippen molar-refractivity contribution < 1.29 is 0 Å². The van der Waals surface area contributed by atoms with Gasteiger partial charge in [-0.1, -0.05) is 0 Å². The molecule has 0 amide bonds. The first kappa shape index (κ1) is 5.67. The van der Waals surface area contributed by atoms with Gasteiger partial charge in [0, 0.05) is 5.29 Å². The molecule has 6 nitrogen and oxygen atoms in total. The predicted octanol–water partition coefficient (Wildman–Crippen LogP) is -0.424. The number of aromatic amines is 1. The standard InChI is InChI=1S/C3H5N5O/c9-8-5-2-3-1-4-7-6-3/h1H,2H2,(H,5,9)(H,4,6,7). The molecule has 0 saturated heterocycles. The van der Waals surface area contributed by atoms with Crippen LogP contribution in [0.3, 0.4) is 0 Å². The molecule has 1 aromatic heterocycles. The van der Waals surface area contributed by atoms with Gasteiger partial charge in [-0.2, -0.15) is 15.4 Å². The van der Waals surface area contributed by atoms with Crippen molar-refractivity contribution in [3.8, 4) is 0 Å². The second kappa shape index (κ2) is 2.75. The Morgan fingerprint density at radius 3 is 3.33 bits per heavy atom. The molecule has 0 unspecified atom stereocenters. The SMILES string of the molecule is O=NNCc1cn[nH]n1. The van der Waals surface area contributed by atoms with Crippen molar-refractivity contribution >= 4 is 0 Å². The maximum Gasteiger partial charge on any atom is 0.103 e. The lowest BCUT2D eigenvalue weighted by atomic mass is 10.5. The third-order valence-electron chi connectivity index (χ3n) is 0.790. The minimum Gasteiger partial charge on any atom is -0.268 e. The van der Waals surface area contributed by atoms with Gasteiger partial charge in [-0.05, 0) is 0 Å². The van der Waals surface area contributed by atoms with Crippen LogP contribution in [0.4, 0.5) is 0 Å². The van der Waals surface area contributed by atoms with E-state index >= 15 is 0 Å². The molecule has 48 valence electrons. The molecule has 6 heteroatoms. The van der Waals surface area contributed by atoms with Crippen molar-refractivity contribution in [2.75, 3.05) is 0 Å². The van der Waals surface area contributed by atoms with Crippen molar-refractivity contribution in [3.63, 3.8) is 0 Å². The summed E-state index contributed by atoms with van der Waals surface area (Å²) < 4.78 is 0. The Morgan fingerprint density at radius 2 is 2.78 bits per heavy atom. The van der Waals surface area contributed by atoms with E-state index in [0.29, 0.717) is 12.2 Å². The van der Waals surface area contributed by atoms with Crippen molar-refractivity contribution in [1.29, 1.82) is 0 Å². The molecule has 0 aliphatic heterocycles. The minimum absolute atomic E-state index is 0.319. The van der Waals surface area contributed by atoms with Gasteiger partial charge in [0.05, 0.1) is 12.7 Å². The fraction of sp³-hybridized carbons (Fsp3) is 0.333. The smallest absolute Gasteiger partial charge is 0.103 e. The van der Waals surface area contributed by atoms with E-state index < -0.39 is 0 Å². The summed E-state index contributed by atoms with van der Waals surface area (Å²) >= 11 is 0. The molecule has 9 heavy (non-hydrogen) atoms. The van der Waals surface area contributed by atoms with Gasteiger partial charge in [-0.15, -0.1) is 4.91 Å². The molecular formula is C3H5N5O. The first-order chi connectivity index (χ1) is 4.43. The highest BCUT2D eigenvalue weighted by molar-refractivity contribution is 4.88. The maximum atomic E-state index is 9.48. The number of hydrogen-bond donors (Lipinski definition) is 2. The van der Waals surface area contributed by atoms with Crippen molar-refractivity contribution in [2.45, 2.75) is 6.54 Å². The average Bonchev–Trinajstić information content (AvgIpc) is 2.34. The molecule has 0 aliphatic rings. The zero-order valence-corrected chi connectivity index (χ0v) is 4.53. The Bertz CT molecular complexity index is 170. The number of hydrogen-bond acceptors (Lipinski definition) is 4. The minimum atomic E-state index is 0.319. The summed E-state index contributed by atoms with van der Waals surface area (Å²) in [5, 5.41) is 12.0. The van der Waals surface area contributed by atoms with Crippen LogP contribution < -0.4 is 5.43 Å². The van der Waals surface area contributed by atoms with Crippen molar-refractivity contribution in [1.82, 2.24) is 20.8 Å². The topological polar surface area (TPSA) is 83.0 Å². The Balaban J connectivity index is 2.38. The Morgan fingerprint density at radius 1 is 1.89 bits per heavy atom. The number of nitrogens with zero attached hydrogens (tertiary/aromatic N) is 3. The second-order valence-corrected chi connectivity index (χ2v) is 1.39. The molecular weight excluding hydrogens is 122 g/mol. The monoisotopic (exact) mass is 127 g/mol. The number of nitroso groups, excluding NO2 is 1. The first-order valence-corrected chi connectivity index (χ1v) is 2.33. The van der Waals surface area contributed by atoms with Gasteiger partial charge in [0.15, 0.2) is 0 Å². The van der Waals surface area contributed by atoms with E-state index in [2.05, 4.69) is 26.1 Å². The zero-order chi connectivity index (χ0) is 6.53. The van der Waals surface area contributed by atoms with Gasteiger partial charge in [-0.3, -0.25) is 5.43 Å². The Labute approximate surface area is 50.6 Å². The molecule has 2 N–H and O–H groups in total. The molecule has 0 aromatic carbocycles. The summed E-state index contributed by atoms with van der Waals surface area (Å²) in [6, 6.07) is 0. The number of rotatable bonds is 3. The van der Waals surface area contributed by atoms with E-state index in [1.54, 1.807) is 0 Å². The lowest BCUT2D eigenvalue weighted by Crippen LogP contribution is -2.03. The third-order valence-corrected chi connectivity index (χ3v) is 0.790. The summed E-state index contributed by atoms with van der Waals surface area (Å²) in [6.07, 6.45) is 1.51. The third kappa shape index (κ3) is 1.48. The van der Waals surface area contributed by atoms with E-state index in [4.69, 9.17) is 0 Å². The van der Waals surface area contributed by atoms with Gasteiger partial charge >= 0.3 is 0 Å². The van der Waals surface area contributed by atoms with Crippen LogP contribution in [0.25, 0.3) is 0 Å². The summed E-state index contributed by atoms with van der Waals surface area (Å²) in [6.45, 7) is 0.319. The molecule has 0 radical (unpaired) electrons. The van der Waals surface area contributed by atoms with Crippen molar-refractivity contribution in [3.05, 3.63) is 16.8 Å². The predicted molar refractivity (Wildman–Crippen MR) is 29.0 cm³/mol. The fourth-order valence-corrected chi connectivity index (χ4v) is 0.424. The lowest BCUT2D eigenvalue weighted by Gasteiger charge is -1.86. The van der Waals surface area contributed by atoms with E-state index in [9.17, 15) is 4.91 Å². The molecule has 0 spiro atoms. The van der Waals surface area contributed by atoms with Crippen LogP contribution in [0.5, 0.6) is 0 Å². The number of aromatic nitrogens is 3. The Hall–Kier alpha value is -1.46. The van der Waals surface area contributed by atoms with Gasteiger partial charge in [0.2, 0.25) is 0 Å². The summed E-state index contributed by atoms with van der Waals surface area (Å²) in [4.78, 5) is 9.48. The quantitative estimate of drug-likeness (QED) is 0.426. The van der Waals surface area contributed by atoms with Crippen LogP contribution >= 0.6 is 0 Å². The highest BCUT2D eigenvalue weighted by Crippen LogP contribution is 1.84. The number of nitrogens with one attached hydrogen (secondary N) is 2. The highest BCUT2D eigenvalue weighted by Gasteiger charge is 1.91. The van der Waals surface area contributed by atoms with Gasteiger partial charge in [-0.25, -0.2) is 0 Å². The van der Waals surface area contributed by atoms with Crippen molar-refractivity contribution in [2.24, 2.45) is 5.29 Å². The maximum absolute atomic E-state index is 9.48. The van der Waals surface area contributed by atoms with E-state index in [0.717, 1.165) is 0 Å². The van der Waals surface area contributed by atoms with Crippen LogP contribution in [0.15, 0.2) is 11.5 Å². The average molecular weight is 127 g/mol. The molecule has 0 bridgehead atoms. The second-order valence-electron chi connectivity index (χ2n) is 1.39.